The van der Waals surface area contributed by atoms with Gasteiger partial charge in [-0.1, -0.05) is 6.92 Å². The molecule has 1 aromatic rings. The third-order valence-electron chi connectivity index (χ3n) is 2.79. The van der Waals surface area contributed by atoms with Gasteiger partial charge in [-0.05, 0) is 30.7 Å². The molecule has 0 radical (unpaired) electrons. The number of carbonyl (C=O) groups excluding carboxylic acids is 1. The number of carbonyl (C=O) groups is 1. The van der Waals surface area contributed by atoms with Gasteiger partial charge in [-0.15, -0.1) is 0 Å². The smallest absolute Gasteiger partial charge is 0.314 e. The van der Waals surface area contributed by atoms with E-state index in [9.17, 15) is 13.2 Å². The summed E-state index contributed by atoms with van der Waals surface area (Å²) in [6, 6.07) is 5.94. The van der Waals surface area contributed by atoms with E-state index in [0.29, 0.717) is 25.4 Å². The normalized spacial score (nSPS) is 11.3. The molecule has 0 saturated carbocycles. The van der Waals surface area contributed by atoms with Gasteiger partial charge in [-0.25, -0.2) is 17.5 Å². The number of amides is 2. The zero-order valence-electron chi connectivity index (χ0n) is 13.1. The molecule has 1 aromatic carbocycles. The van der Waals surface area contributed by atoms with Crippen molar-refractivity contribution < 1.29 is 17.9 Å². The fraction of sp³-hybridized carbons (Fsp3) is 0.500. The Bertz CT molecular complexity index is 570. The Hall–Kier alpha value is -1.80. The molecule has 7 nitrogen and oxygen atoms in total. The second kappa shape index (κ2) is 8.60. The van der Waals surface area contributed by atoms with Crippen molar-refractivity contribution in [2.24, 2.45) is 0 Å². The quantitative estimate of drug-likeness (QED) is 0.697. The van der Waals surface area contributed by atoms with Gasteiger partial charge in [-0.2, -0.15) is 0 Å². The molecular weight excluding hydrogens is 306 g/mol. The number of sulfonamides is 1. The average molecular weight is 329 g/mol. The number of hydrogen-bond acceptors (Lipinski definition) is 4. The van der Waals surface area contributed by atoms with Crippen molar-refractivity contribution >= 4 is 16.1 Å². The van der Waals surface area contributed by atoms with Gasteiger partial charge in [0.15, 0.2) is 0 Å². The second-order valence-electron chi connectivity index (χ2n) is 4.79. The van der Waals surface area contributed by atoms with E-state index in [2.05, 4.69) is 10.6 Å². The van der Waals surface area contributed by atoms with E-state index in [0.717, 1.165) is 10.7 Å². The molecule has 124 valence electrons. The molecule has 0 atom stereocenters. The lowest BCUT2D eigenvalue weighted by molar-refractivity contribution is 0.236. The molecule has 0 aromatic heterocycles. The van der Waals surface area contributed by atoms with Crippen LogP contribution in [-0.4, -0.2) is 52.5 Å². The van der Waals surface area contributed by atoms with Gasteiger partial charge in [0.1, 0.15) is 12.4 Å². The number of hydrogen-bond donors (Lipinski definition) is 2. The lowest BCUT2D eigenvalue weighted by Gasteiger charge is -2.12. The van der Waals surface area contributed by atoms with E-state index >= 15 is 0 Å². The van der Waals surface area contributed by atoms with Crippen LogP contribution in [0.1, 0.15) is 13.3 Å². The molecule has 0 heterocycles. The molecule has 8 heteroatoms. The van der Waals surface area contributed by atoms with Crippen molar-refractivity contribution in [2.45, 2.75) is 18.2 Å². The van der Waals surface area contributed by atoms with Gasteiger partial charge in [-0.3, -0.25) is 0 Å². The molecule has 0 fully saturated rings. The Kier molecular flexibility index (Phi) is 7.13. The highest BCUT2D eigenvalue weighted by Gasteiger charge is 2.16. The first-order valence-electron chi connectivity index (χ1n) is 7.05. The number of urea groups is 1. The first-order chi connectivity index (χ1) is 10.4. The second-order valence-corrected chi connectivity index (χ2v) is 6.94. The molecular formula is C14H23N3O4S. The number of rotatable bonds is 8. The predicted octanol–water partition coefficient (Wildman–Crippen LogP) is 1.02. The Labute approximate surface area is 131 Å². The Balaban J connectivity index is 2.41. The van der Waals surface area contributed by atoms with Crippen molar-refractivity contribution in [3.8, 4) is 5.75 Å². The van der Waals surface area contributed by atoms with Crippen molar-refractivity contribution in [3.05, 3.63) is 24.3 Å². The van der Waals surface area contributed by atoms with E-state index < -0.39 is 10.0 Å². The first kappa shape index (κ1) is 18.2. The molecule has 0 unspecified atom stereocenters. The molecule has 22 heavy (non-hydrogen) atoms. The minimum absolute atomic E-state index is 0.210. The zero-order valence-corrected chi connectivity index (χ0v) is 13.9. The van der Waals surface area contributed by atoms with Gasteiger partial charge in [0.05, 0.1) is 11.4 Å². The maximum atomic E-state index is 11.9. The van der Waals surface area contributed by atoms with Gasteiger partial charge < -0.3 is 15.4 Å². The van der Waals surface area contributed by atoms with Crippen molar-refractivity contribution in [2.75, 3.05) is 33.8 Å². The van der Waals surface area contributed by atoms with Crippen LogP contribution in [0.3, 0.4) is 0 Å². The number of nitrogens with one attached hydrogen (secondary N) is 2. The maximum absolute atomic E-state index is 11.9. The van der Waals surface area contributed by atoms with E-state index in [1.54, 1.807) is 12.1 Å². The number of ether oxygens (including phenoxy) is 1. The first-order valence-corrected chi connectivity index (χ1v) is 8.49. The standard InChI is InChI=1S/C14H23N3O4S/c1-4-9-15-14(18)16-10-11-21-12-5-7-13(8-6-12)22(19,20)17(2)3/h5-8H,4,9-11H2,1-3H3,(H2,15,16,18). The molecule has 2 N–H and O–H groups in total. The summed E-state index contributed by atoms with van der Waals surface area (Å²) in [5, 5.41) is 5.35. The summed E-state index contributed by atoms with van der Waals surface area (Å²) in [6.45, 7) is 3.28. The summed E-state index contributed by atoms with van der Waals surface area (Å²) in [6.07, 6.45) is 0.881. The van der Waals surface area contributed by atoms with Crippen LogP contribution in [0.15, 0.2) is 29.2 Å². The van der Waals surface area contributed by atoms with Crippen molar-refractivity contribution in [3.63, 3.8) is 0 Å². The largest absolute Gasteiger partial charge is 0.492 e. The van der Waals surface area contributed by atoms with E-state index in [-0.39, 0.29) is 10.9 Å². The summed E-state index contributed by atoms with van der Waals surface area (Å²) in [5.41, 5.74) is 0. The van der Waals surface area contributed by atoms with Crippen LogP contribution in [0.4, 0.5) is 4.79 Å². The fourth-order valence-electron chi connectivity index (χ4n) is 1.55. The highest BCUT2D eigenvalue weighted by molar-refractivity contribution is 7.89. The van der Waals surface area contributed by atoms with Gasteiger partial charge in [0.25, 0.3) is 0 Å². The molecule has 0 aliphatic heterocycles. The van der Waals surface area contributed by atoms with E-state index in [1.165, 1.54) is 26.2 Å². The van der Waals surface area contributed by atoms with Gasteiger partial charge in [0.2, 0.25) is 10.0 Å². The molecule has 0 saturated heterocycles. The van der Waals surface area contributed by atoms with E-state index in [1.807, 2.05) is 6.92 Å². The molecule has 0 aliphatic carbocycles. The maximum Gasteiger partial charge on any atom is 0.314 e. The molecule has 2 amide bonds. The Morgan fingerprint density at radius 1 is 1.14 bits per heavy atom. The minimum atomic E-state index is -3.43. The topological polar surface area (TPSA) is 87.7 Å². The van der Waals surface area contributed by atoms with Crippen LogP contribution in [0.5, 0.6) is 5.75 Å². The summed E-state index contributed by atoms with van der Waals surface area (Å²) in [4.78, 5) is 11.5. The zero-order chi connectivity index (χ0) is 16.6. The summed E-state index contributed by atoms with van der Waals surface area (Å²) in [5.74, 6) is 0.550. The lowest BCUT2D eigenvalue weighted by atomic mass is 10.3. The minimum Gasteiger partial charge on any atom is -0.492 e. The van der Waals surface area contributed by atoms with Crippen molar-refractivity contribution in [1.82, 2.24) is 14.9 Å². The molecule has 0 bridgehead atoms. The SMILES string of the molecule is CCCNC(=O)NCCOc1ccc(S(=O)(=O)N(C)C)cc1. The van der Waals surface area contributed by atoms with E-state index in [4.69, 9.17) is 4.74 Å². The Morgan fingerprint density at radius 2 is 1.73 bits per heavy atom. The molecule has 1 rings (SSSR count). The number of nitrogens with zero attached hydrogens (tertiary/aromatic N) is 1. The lowest BCUT2D eigenvalue weighted by Crippen LogP contribution is -2.37. The third-order valence-corrected chi connectivity index (χ3v) is 4.62. The van der Waals surface area contributed by atoms with Crippen LogP contribution in [0.25, 0.3) is 0 Å². The summed E-state index contributed by atoms with van der Waals surface area (Å²) in [7, 11) is -0.464. The third kappa shape index (κ3) is 5.53. The van der Waals surface area contributed by atoms with Gasteiger partial charge in [0, 0.05) is 20.6 Å². The monoisotopic (exact) mass is 329 g/mol. The van der Waals surface area contributed by atoms with Crippen LogP contribution in [0, 0.1) is 0 Å². The highest BCUT2D eigenvalue weighted by atomic mass is 32.2. The predicted molar refractivity (Wildman–Crippen MR) is 84.5 cm³/mol. The highest BCUT2D eigenvalue weighted by Crippen LogP contribution is 2.17. The molecule has 0 aliphatic rings. The summed E-state index contributed by atoms with van der Waals surface area (Å²) >= 11 is 0. The van der Waals surface area contributed by atoms with Crippen LogP contribution >= 0.6 is 0 Å². The van der Waals surface area contributed by atoms with Crippen LogP contribution in [-0.2, 0) is 10.0 Å². The number of benzene rings is 1. The van der Waals surface area contributed by atoms with Gasteiger partial charge >= 0.3 is 6.03 Å². The van der Waals surface area contributed by atoms with Crippen molar-refractivity contribution in [1.29, 1.82) is 0 Å². The Morgan fingerprint density at radius 3 is 2.27 bits per heavy atom. The average Bonchev–Trinajstić information content (AvgIpc) is 2.49. The summed E-state index contributed by atoms with van der Waals surface area (Å²) < 4.78 is 30.4. The van der Waals surface area contributed by atoms with Crippen LogP contribution < -0.4 is 15.4 Å². The fourth-order valence-corrected chi connectivity index (χ4v) is 2.45. The molecule has 0 spiro atoms. The van der Waals surface area contributed by atoms with Crippen LogP contribution in [0.2, 0.25) is 0 Å².